The quantitative estimate of drug-likeness (QED) is 0.848. The van der Waals surface area contributed by atoms with Gasteiger partial charge in [0, 0.05) is 13.1 Å². The van der Waals surface area contributed by atoms with Gasteiger partial charge in [-0.2, -0.15) is 4.98 Å². The zero-order valence-corrected chi connectivity index (χ0v) is 13.8. The van der Waals surface area contributed by atoms with Gasteiger partial charge in [-0.05, 0) is 11.6 Å². The van der Waals surface area contributed by atoms with Gasteiger partial charge in [-0.1, -0.05) is 30.3 Å². The number of rotatable bonds is 6. The lowest BCUT2D eigenvalue weighted by Crippen LogP contribution is -2.29. The topological polar surface area (TPSA) is 91.7 Å². The van der Waals surface area contributed by atoms with E-state index in [9.17, 15) is 9.59 Å². The Morgan fingerprint density at radius 1 is 1.36 bits per heavy atom. The van der Waals surface area contributed by atoms with Crippen molar-refractivity contribution in [3.63, 3.8) is 0 Å². The van der Waals surface area contributed by atoms with E-state index in [0.29, 0.717) is 6.61 Å². The number of anilines is 1. The summed E-state index contributed by atoms with van der Waals surface area (Å²) in [5.74, 6) is -0.0869. The van der Waals surface area contributed by atoms with E-state index in [1.165, 1.54) is 23.8 Å². The number of amides is 1. The van der Waals surface area contributed by atoms with Crippen molar-refractivity contribution in [2.75, 3.05) is 18.5 Å². The van der Waals surface area contributed by atoms with E-state index in [2.05, 4.69) is 10.3 Å². The van der Waals surface area contributed by atoms with E-state index in [1.54, 1.807) is 0 Å². The number of carbonyl (C=O) groups is 1. The van der Waals surface area contributed by atoms with Gasteiger partial charge in [-0.3, -0.25) is 9.36 Å². The molecule has 1 aromatic carbocycles. The van der Waals surface area contributed by atoms with Crippen LogP contribution in [0.1, 0.15) is 18.7 Å². The predicted octanol–water partition coefficient (Wildman–Crippen LogP) is 1.29. The van der Waals surface area contributed by atoms with Gasteiger partial charge in [0.2, 0.25) is 5.91 Å². The summed E-state index contributed by atoms with van der Waals surface area (Å²) in [6.07, 6.45) is 0.398. The van der Waals surface area contributed by atoms with Crippen LogP contribution in [0, 0.1) is 0 Å². The summed E-state index contributed by atoms with van der Waals surface area (Å²) in [7, 11) is 0. The molecule has 2 aromatic rings. The molecule has 1 aromatic heterocycles. The van der Waals surface area contributed by atoms with Gasteiger partial charge in [-0.25, -0.2) is 4.79 Å². The smallest absolute Gasteiger partial charge is 0.351 e. The molecule has 8 heteroatoms. The Balaban J connectivity index is 1.52. The predicted molar refractivity (Wildman–Crippen MR) is 88.8 cm³/mol. The van der Waals surface area contributed by atoms with E-state index in [4.69, 9.17) is 14.2 Å². The highest BCUT2D eigenvalue weighted by Gasteiger charge is 2.28. The summed E-state index contributed by atoms with van der Waals surface area (Å²) in [5, 5.41) is 2.46. The highest BCUT2D eigenvalue weighted by Crippen LogP contribution is 2.20. The van der Waals surface area contributed by atoms with Crippen LogP contribution in [-0.4, -0.2) is 35.0 Å². The number of aromatic nitrogens is 2. The van der Waals surface area contributed by atoms with Crippen molar-refractivity contribution in [2.24, 2.45) is 0 Å². The molecule has 2 atom stereocenters. The molecule has 1 N–H and O–H groups in total. The summed E-state index contributed by atoms with van der Waals surface area (Å²) in [4.78, 5) is 26.8. The molecule has 3 rings (SSSR count). The number of benzene rings is 1. The lowest BCUT2D eigenvalue weighted by Gasteiger charge is -2.14. The molecule has 8 nitrogen and oxygen atoms in total. The Hall–Kier alpha value is -2.55. The third-order valence-electron chi connectivity index (χ3n) is 3.54. The Morgan fingerprint density at radius 3 is 2.88 bits per heavy atom. The maximum Gasteiger partial charge on any atom is 0.351 e. The fourth-order valence-electron chi connectivity index (χ4n) is 2.41. The van der Waals surface area contributed by atoms with Crippen LogP contribution in [0.4, 0.5) is 5.82 Å². The van der Waals surface area contributed by atoms with Crippen LogP contribution in [0.2, 0.25) is 0 Å². The second kappa shape index (κ2) is 8.02. The molecule has 2 heterocycles. The van der Waals surface area contributed by atoms with Crippen molar-refractivity contribution < 1.29 is 19.0 Å². The first-order valence-electron chi connectivity index (χ1n) is 7.87. The monoisotopic (exact) mass is 345 g/mol. The highest BCUT2D eigenvalue weighted by atomic mass is 16.7. The Bertz CT molecular complexity index is 777. The van der Waals surface area contributed by atoms with E-state index < -0.39 is 18.2 Å². The van der Waals surface area contributed by atoms with Gasteiger partial charge in [0.05, 0.1) is 19.8 Å². The van der Waals surface area contributed by atoms with E-state index in [1.807, 2.05) is 30.3 Å². The first-order chi connectivity index (χ1) is 12.1. The number of hydrogen-bond acceptors (Lipinski definition) is 6. The van der Waals surface area contributed by atoms with Crippen LogP contribution in [-0.2, 0) is 25.6 Å². The minimum absolute atomic E-state index is 0.204. The summed E-state index contributed by atoms with van der Waals surface area (Å²) in [5.41, 5.74) is 0.539. The zero-order valence-electron chi connectivity index (χ0n) is 13.8. The molecule has 1 aliphatic rings. The van der Waals surface area contributed by atoms with Crippen LogP contribution in [0.5, 0.6) is 0 Å². The van der Waals surface area contributed by atoms with Crippen LogP contribution in [0.3, 0.4) is 0 Å². The lowest BCUT2D eigenvalue weighted by molar-refractivity contribution is -0.118. The van der Waals surface area contributed by atoms with Crippen molar-refractivity contribution in [3.8, 4) is 0 Å². The third-order valence-corrected chi connectivity index (χ3v) is 3.54. The molecule has 1 saturated heterocycles. The van der Waals surface area contributed by atoms with Crippen molar-refractivity contribution in [3.05, 3.63) is 58.6 Å². The Morgan fingerprint density at radius 2 is 2.16 bits per heavy atom. The zero-order chi connectivity index (χ0) is 17.6. The van der Waals surface area contributed by atoms with E-state index in [-0.39, 0.29) is 24.9 Å². The van der Waals surface area contributed by atoms with Gasteiger partial charge < -0.3 is 19.5 Å². The molecule has 0 unspecified atom stereocenters. The fourth-order valence-corrected chi connectivity index (χ4v) is 2.41. The second-order valence-corrected chi connectivity index (χ2v) is 5.54. The van der Waals surface area contributed by atoms with E-state index in [0.717, 1.165) is 5.56 Å². The van der Waals surface area contributed by atoms with Gasteiger partial charge in [0.25, 0.3) is 0 Å². The highest BCUT2D eigenvalue weighted by molar-refractivity contribution is 5.87. The Kier molecular flexibility index (Phi) is 5.54. The number of ether oxygens (including phenoxy) is 3. The molecule has 0 spiro atoms. The fraction of sp³-hybridized carbons (Fsp3) is 0.353. The average molecular weight is 345 g/mol. The summed E-state index contributed by atoms with van der Waals surface area (Å²) in [6, 6.07) is 11.3. The molecule has 1 amide bonds. The molecule has 132 valence electrons. The standard InChI is InChI=1S/C17H19N3O5/c1-12(21)18-14-7-8-20(17(22)19-14)15-10-24-16(25-15)11-23-9-13-5-3-2-4-6-13/h2-8,15-16H,9-11H2,1H3,(H,18,19,21,22)/t15-,16+/m1/s1. The molecule has 0 saturated carbocycles. The number of carbonyl (C=O) groups excluding carboxylic acids is 1. The van der Waals surface area contributed by atoms with Gasteiger partial charge in [0.1, 0.15) is 5.82 Å². The first-order valence-corrected chi connectivity index (χ1v) is 7.87. The van der Waals surface area contributed by atoms with Crippen molar-refractivity contribution >= 4 is 11.7 Å². The maximum absolute atomic E-state index is 12.0. The normalized spacial score (nSPS) is 19.7. The van der Waals surface area contributed by atoms with E-state index >= 15 is 0 Å². The molecule has 25 heavy (non-hydrogen) atoms. The lowest BCUT2D eigenvalue weighted by atomic mass is 10.2. The van der Waals surface area contributed by atoms with Crippen molar-refractivity contribution in [1.82, 2.24) is 9.55 Å². The van der Waals surface area contributed by atoms with Gasteiger partial charge >= 0.3 is 5.69 Å². The number of hydrogen-bond donors (Lipinski definition) is 1. The van der Waals surface area contributed by atoms with Crippen LogP contribution in [0.25, 0.3) is 0 Å². The molecular formula is C17H19N3O5. The first kappa shape index (κ1) is 17.3. The molecular weight excluding hydrogens is 326 g/mol. The van der Waals surface area contributed by atoms with Crippen LogP contribution in [0.15, 0.2) is 47.4 Å². The Labute approximate surface area is 144 Å². The minimum Gasteiger partial charge on any atom is -0.371 e. The third kappa shape index (κ3) is 4.72. The summed E-state index contributed by atoms with van der Waals surface area (Å²) in [6.45, 7) is 2.29. The second-order valence-electron chi connectivity index (χ2n) is 5.54. The van der Waals surface area contributed by atoms with Gasteiger partial charge in [0.15, 0.2) is 12.5 Å². The molecule has 1 fully saturated rings. The van der Waals surface area contributed by atoms with Crippen LogP contribution >= 0.6 is 0 Å². The number of nitrogens with zero attached hydrogens (tertiary/aromatic N) is 2. The average Bonchev–Trinajstić information content (AvgIpc) is 3.04. The minimum atomic E-state index is -0.572. The molecule has 0 radical (unpaired) electrons. The van der Waals surface area contributed by atoms with Crippen molar-refractivity contribution in [1.29, 1.82) is 0 Å². The summed E-state index contributed by atoms with van der Waals surface area (Å²) < 4.78 is 18.1. The summed E-state index contributed by atoms with van der Waals surface area (Å²) >= 11 is 0. The van der Waals surface area contributed by atoms with Crippen molar-refractivity contribution in [2.45, 2.75) is 26.0 Å². The molecule has 0 aliphatic carbocycles. The molecule has 1 aliphatic heterocycles. The molecule has 0 bridgehead atoms. The number of nitrogens with one attached hydrogen (secondary N) is 1. The van der Waals surface area contributed by atoms with Gasteiger partial charge in [-0.15, -0.1) is 0 Å². The maximum atomic E-state index is 12.0. The van der Waals surface area contributed by atoms with Crippen LogP contribution < -0.4 is 11.0 Å². The SMILES string of the molecule is CC(=O)Nc1ccn([C@H]2CO[C@H](COCc3ccccc3)O2)c(=O)n1. The largest absolute Gasteiger partial charge is 0.371 e.